The first-order chi connectivity index (χ1) is 8.20. The Morgan fingerprint density at radius 1 is 1.41 bits per heavy atom. The number of fused-ring (bicyclic) bond motifs is 1. The highest BCUT2D eigenvalue weighted by Crippen LogP contribution is 2.40. The van der Waals surface area contributed by atoms with E-state index in [0.29, 0.717) is 36.0 Å². The highest BCUT2D eigenvalue weighted by Gasteiger charge is 2.17. The molecule has 2 rings (SSSR count). The van der Waals surface area contributed by atoms with Crippen molar-refractivity contribution in [3.05, 3.63) is 23.8 Å². The maximum Gasteiger partial charge on any atom is 0.203 e. The van der Waals surface area contributed by atoms with Gasteiger partial charge in [0.25, 0.3) is 0 Å². The van der Waals surface area contributed by atoms with Gasteiger partial charge in [0.1, 0.15) is 13.2 Å². The Bertz CT molecular complexity index is 447. The number of hydrogen-bond donors (Lipinski definition) is 0. The number of carbonyl (C=O) groups is 1. The first-order valence-electron chi connectivity index (χ1n) is 5.07. The topological polar surface area (TPSA) is 67.8 Å². The Balaban J connectivity index is 2.39. The van der Waals surface area contributed by atoms with E-state index >= 15 is 0 Å². The van der Waals surface area contributed by atoms with E-state index in [0.717, 1.165) is 6.08 Å². The number of ether oxygens (including phenoxy) is 3. The van der Waals surface area contributed by atoms with Crippen LogP contribution in [-0.4, -0.2) is 26.3 Å². The maximum atomic E-state index is 10.3. The predicted molar refractivity (Wildman–Crippen MR) is 58.0 cm³/mol. The molecule has 0 spiro atoms. The SMILES string of the molecule is COc1cc(/C=C/C(=O)[O-])cc2c1OCCO2. The second-order valence-electron chi connectivity index (χ2n) is 3.40. The summed E-state index contributed by atoms with van der Waals surface area (Å²) in [6.07, 6.45) is 2.36. The van der Waals surface area contributed by atoms with E-state index in [9.17, 15) is 9.90 Å². The van der Waals surface area contributed by atoms with Crippen molar-refractivity contribution in [3.63, 3.8) is 0 Å². The van der Waals surface area contributed by atoms with Gasteiger partial charge < -0.3 is 24.1 Å². The lowest BCUT2D eigenvalue weighted by Crippen LogP contribution is -2.18. The molecule has 0 amide bonds. The zero-order valence-corrected chi connectivity index (χ0v) is 9.26. The number of aliphatic carboxylic acids is 1. The molecule has 0 aromatic heterocycles. The molecule has 0 aliphatic carbocycles. The minimum Gasteiger partial charge on any atom is -0.545 e. The molecule has 1 heterocycles. The van der Waals surface area contributed by atoms with Crippen LogP contribution in [0.25, 0.3) is 6.08 Å². The Morgan fingerprint density at radius 2 is 2.18 bits per heavy atom. The van der Waals surface area contributed by atoms with E-state index in [1.807, 2.05) is 0 Å². The quantitative estimate of drug-likeness (QED) is 0.701. The Labute approximate surface area is 98.2 Å². The molecule has 0 saturated carbocycles. The average molecular weight is 235 g/mol. The number of methoxy groups -OCH3 is 1. The second kappa shape index (κ2) is 4.78. The summed E-state index contributed by atoms with van der Waals surface area (Å²) in [5.74, 6) is 0.358. The number of hydrogen-bond acceptors (Lipinski definition) is 5. The lowest BCUT2D eigenvalue weighted by Gasteiger charge is -2.20. The molecule has 17 heavy (non-hydrogen) atoms. The lowest BCUT2D eigenvalue weighted by molar-refractivity contribution is -0.297. The number of benzene rings is 1. The first-order valence-corrected chi connectivity index (χ1v) is 5.07. The summed E-state index contributed by atoms with van der Waals surface area (Å²) in [6, 6.07) is 3.36. The van der Waals surface area contributed by atoms with Crippen molar-refractivity contribution in [2.75, 3.05) is 20.3 Å². The van der Waals surface area contributed by atoms with Gasteiger partial charge in [-0.2, -0.15) is 0 Å². The van der Waals surface area contributed by atoms with E-state index in [4.69, 9.17) is 14.2 Å². The number of carboxylic acids is 1. The van der Waals surface area contributed by atoms with E-state index in [2.05, 4.69) is 0 Å². The van der Waals surface area contributed by atoms with Gasteiger partial charge in [-0.05, 0) is 23.8 Å². The van der Waals surface area contributed by atoms with Crippen LogP contribution in [0.5, 0.6) is 17.2 Å². The third-order valence-electron chi connectivity index (χ3n) is 2.26. The van der Waals surface area contributed by atoms with Gasteiger partial charge in [0.15, 0.2) is 11.5 Å². The van der Waals surface area contributed by atoms with Crippen molar-refractivity contribution < 1.29 is 24.1 Å². The molecule has 90 valence electrons. The Morgan fingerprint density at radius 3 is 2.88 bits per heavy atom. The number of rotatable bonds is 3. The molecule has 1 aliphatic rings. The molecule has 0 radical (unpaired) electrons. The fourth-order valence-electron chi connectivity index (χ4n) is 1.55. The van der Waals surface area contributed by atoms with E-state index in [1.54, 1.807) is 12.1 Å². The first kappa shape index (κ1) is 11.3. The van der Waals surface area contributed by atoms with Crippen molar-refractivity contribution in [1.82, 2.24) is 0 Å². The summed E-state index contributed by atoms with van der Waals surface area (Å²) in [5.41, 5.74) is 0.648. The van der Waals surface area contributed by atoms with Gasteiger partial charge in [0.05, 0.1) is 13.1 Å². The molecule has 0 unspecified atom stereocenters. The molecule has 0 atom stereocenters. The lowest BCUT2D eigenvalue weighted by atomic mass is 10.1. The van der Waals surface area contributed by atoms with Gasteiger partial charge in [-0.1, -0.05) is 6.08 Å². The molecule has 5 heteroatoms. The van der Waals surface area contributed by atoms with Gasteiger partial charge in [-0.3, -0.25) is 0 Å². The van der Waals surface area contributed by atoms with Crippen molar-refractivity contribution in [1.29, 1.82) is 0 Å². The van der Waals surface area contributed by atoms with Gasteiger partial charge in [0, 0.05) is 0 Å². The fourth-order valence-corrected chi connectivity index (χ4v) is 1.55. The minimum atomic E-state index is -1.25. The Kier molecular flexibility index (Phi) is 3.18. The highest BCUT2D eigenvalue weighted by atomic mass is 16.6. The van der Waals surface area contributed by atoms with Crippen molar-refractivity contribution in [2.24, 2.45) is 0 Å². The third-order valence-corrected chi connectivity index (χ3v) is 2.26. The molecule has 0 N–H and O–H groups in total. The smallest absolute Gasteiger partial charge is 0.203 e. The van der Waals surface area contributed by atoms with Gasteiger partial charge in [-0.25, -0.2) is 0 Å². The normalized spacial score (nSPS) is 13.7. The summed E-state index contributed by atoms with van der Waals surface area (Å²) < 4.78 is 16.0. The number of carbonyl (C=O) groups excluding carboxylic acids is 1. The molecule has 5 nitrogen and oxygen atoms in total. The molecule has 0 fully saturated rings. The monoisotopic (exact) mass is 235 g/mol. The second-order valence-corrected chi connectivity index (χ2v) is 3.40. The highest BCUT2D eigenvalue weighted by molar-refractivity contribution is 5.84. The molecule has 0 bridgehead atoms. The third kappa shape index (κ3) is 2.50. The van der Waals surface area contributed by atoms with Gasteiger partial charge in [0.2, 0.25) is 5.75 Å². The summed E-state index contributed by atoms with van der Waals surface area (Å²) in [6.45, 7) is 0.932. The van der Waals surface area contributed by atoms with Crippen LogP contribution in [-0.2, 0) is 4.79 Å². The summed E-state index contributed by atoms with van der Waals surface area (Å²) >= 11 is 0. The summed E-state index contributed by atoms with van der Waals surface area (Å²) in [4.78, 5) is 10.3. The Hall–Kier alpha value is -2.17. The average Bonchev–Trinajstić information content (AvgIpc) is 2.35. The van der Waals surface area contributed by atoms with E-state index in [1.165, 1.54) is 13.2 Å². The minimum absolute atomic E-state index is 0.462. The van der Waals surface area contributed by atoms with Crippen LogP contribution in [0.4, 0.5) is 0 Å². The zero-order chi connectivity index (χ0) is 12.3. The van der Waals surface area contributed by atoms with E-state index in [-0.39, 0.29) is 0 Å². The summed E-state index contributed by atoms with van der Waals surface area (Å²) in [7, 11) is 1.51. The van der Waals surface area contributed by atoms with Crippen LogP contribution < -0.4 is 19.3 Å². The largest absolute Gasteiger partial charge is 0.545 e. The van der Waals surface area contributed by atoms with Crippen molar-refractivity contribution in [2.45, 2.75) is 0 Å². The molecular formula is C12H11O5-. The van der Waals surface area contributed by atoms with Crippen molar-refractivity contribution >= 4 is 12.0 Å². The predicted octanol–water partition coefficient (Wildman–Crippen LogP) is 0.230. The van der Waals surface area contributed by atoms with Crippen LogP contribution >= 0.6 is 0 Å². The van der Waals surface area contributed by atoms with Crippen LogP contribution in [0.15, 0.2) is 18.2 Å². The zero-order valence-electron chi connectivity index (χ0n) is 9.26. The van der Waals surface area contributed by atoms with E-state index < -0.39 is 5.97 Å². The van der Waals surface area contributed by atoms with Crippen LogP contribution in [0.2, 0.25) is 0 Å². The van der Waals surface area contributed by atoms with Crippen LogP contribution in [0.3, 0.4) is 0 Å². The standard InChI is InChI=1S/C12H12O5/c1-15-9-6-8(2-3-11(13)14)7-10-12(9)17-5-4-16-10/h2-3,6-7H,4-5H2,1H3,(H,13,14)/p-1/b3-2+. The van der Waals surface area contributed by atoms with Crippen LogP contribution in [0, 0.1) is 0 Å². The van der Waals surface area contributed by atoms with Crippen molar-refractivity contribution in [3.8, 4) is 17.2 Å². The van der Waals surface area contributed by atoms with Crippen LogP contribution in [0.1, 0.15) is 5.56 Å². The summed E-state index contributed by atoms with van der Waals surface area (Å²) in [5, 5.41) is 10.3. The molecule has 1 aliphatic heterocycles. The number of carboxylic acid groups (broad SMARTS) is 1. The van der Waals surface area contributed by atoms with Gasteiger partial charge >= 0.3 is 0 Å². The van der Waals surface area contributed by atoms with Gasteiger partial charge in [-0.15, -0.1) is 0 Å². The molecule has 0 saturated heterocycles. The maximum absolute atomic E-state index is 10.3. The molecule has 1 aromatic rings. The molecule has 1 aromatic carbocycles. The fraction of sp³-hybridized carbons (Fsp3) is 0.250. The molecular weight excluding hydrogens is 224 g/mol.